The summed E-state index contributed by atoms with van der Waals surface area (Å²) in [6.07, 6.45) is 1.77. The summed E-state index contributed by atoms with van der Waals surface area (Å²) in [5.41, 5.74) is 8.55. The summed E-state index contributed by atoms with van der Waals surface area (Å²) in [7, 11) is 3.16. The van der Waals surface area contributed by atoms with Crippen LogP contribution in [0.2, 0.25) is 0 Å². The first-order chi connectivity index (χ1) is 10.2. The highest BCUT2D eigenvalue weighted by Crippen LogP contribution is 2.30. The Hall–Kier alpha value is -2.93. The van der Waals surface area contributed by atoms with Crippen molar-refractivity contribution in [3.8, 4) is 17.6 Å². The fourth-order valence-corrected chi connectivity index (χ4v) is 2.02. The van der Waals surface area contributed by atoms with Gasteiger partial charge in [0.1, 0.15) is 0 Å². The molecule has 0 unspecified atom stereocenters. The van der Waals surface area contributed by atoms with Crippen LogP contribution in [0.25, 0.3) is 11.6 Å². The Morgan fingerprint density at radius 1 is 1.10 bits per heavy atom. The average Bonchev–Trinajstić information content (AvgIpc) is 2.53. The molecule has 2 N–H and O–H groups in total. The van der Waals surface area contributed by atoms with E-state index in [4.69, 9.17) is 15.2 Å². The van der Waals surface area contributed by atoms with E-state index in [1.165, 1.54) is 0 Å². The van der Waals surface area contributed by atoms with Crippen LogP contribution < -0.4 is 15.2 Å². The first kappa shape index (κ1) is 14.5. The number of benzene rings is 2. The van der Waals surface area contributed by atoms with Crippen molar-refractivity contribution in [2.45, 2.75) is 0 Å². The zero-order chi connectivity index (χ0) is 15.2. The number of allylic oxidation sites excluding steroid dienone is 1. The normalized spacial score (nSPS) is 10.8. The van der Waals surface area contributed by atoms with Crippen LogP contribution in [0.3, 0.4) is 0 Å². The van der Waals surface area contributed by atoms with Gasteiger partial charge in [-0.05, 0) is 29.8 Å². The van der Waals surface area contributed by atoms with Crippen LogP contribution in [-0.4, -0.2) is 14.2 Å². The standard InChI is InChI=1S/C17H16N2O2/c1-20-16-8-7-12(10-17(16)21-2)9-13(11-18)14-5-3-4-6-15(14)19/h3-10H,19H2,1-2H3. The molecule has 21 heavy (non-hydrogen) atoms. The topological polar surface area (TPSA) is 68.3 Å². The minimum absolute atomic E-state index is 0.500. The number of nitriles is 1. The Morgan fingerprint density at radius 3 is 2.43 bits per heavy atom. The predicted molar refractivity (Wildman–Crippen MR) is 83.9 cm³/mol. The number of hydrogen-bond donors (Lipinski definition) is 1. The van der Waals surface area contributed by atoms with Gasteiger partial charge < -0.3 is 15.2 Å². The van der Waals surface area contributed by atoms with Crippen molar-refractivity contribution in [2.24, 2.45) is 0 Å². The third kappa shape index (κ3) is 3.15. The lowest BCUT2D eigenvalue weighted by atomic mass is 10.0. The van der Waals surface area contributed by atoms with Gasteiger partial charge in [-0.25, -0.2) is 0 Å². The Kier molecular flexibility index (Phi) is 4.47. The highest BCUT2D eigenvalue weighted by Gasteiger charge is 2.07. The van der Waals surface area contributed by atoms with Crippen molar-refractivity contribution in [3.63, 3.8) is 0 Å². The maximum Gasteiger partial charge on any atom is 0.161 e. The maximum absolute atomic E-state index is 9.36. The van der Waals surface area contributed by atoms with Crippen LogP contribution in [0.15, 0.2) is 42.5 Å². The number of nitrogens with two attached hydrogens (primary N) is 1. The van der Waals surface area contributed by atoms with Gasteiger partial charge in [-0.1, -0.05) is 24.3 Å². The number of methoxy groups -OCH3 is 2. The monoisotopic (exact) mass is 280 g/mol. The predicted octanol–water partition coefficient (Wildman–Crippen LogP) is 3.35. The quantitative estimate of drug-likeness (QED) is 0.530. The lowest BCUT2D eigenvalue weighted by molar-refractivity contribution is 0.355. The molecule has 0 bridgehead atoms. The molecule has 2 aromatic carbocycles. The van der Waals surface area contributed by atoms with E-state index < -0.39 is 0 Å². The van der Waals surface area contributed by atoms with Gasteiger partial charge in [-0.15, -0.1) is 0 Å². The highest BCUT2D eigenvalue weighted by molar-refractivity contribution is 5.93. The Labute approximate surface area is 124 Å². The molecule has 0 aliphatic heterocycles. The lowest BCUT2D eigenvalue weighted by Crippen LogP contribution is -1.93. The third-order valence-electron chi connectivity index (χ3n) is 3.09. The molecular weight excluding hydrogens is 264 g/mol. The zero-order valence-corrected chi connectivity index (χ0v) is 12.0. The van der Waals surface area contributed by atoms with Crippen LogP contribution >= 0.6 is 0 Å². The lowest BCUT2D eigenvalue weighted by Gasteiger charge is -2.08. The van der Waals surface area contributed by atoms with Crippen LogP contribution in [-0.2, 0) is 0 Å². The van der Waals surface area contributed by atoms with Gasteiger partial charge in [0.05, 0.1) is 25.9 Å². The number of rotatable bonds is 4. The minimum atomic E-state index is 0.500. The fourth-order valence-electron chi connectivity index (χ4n) is 2.02. The van der Waals surface area contributed by atoms with Crippen molar-refractivity contribution >= 4 is 17.3 Å². The van der Waals surface area contributed by atoms with Crippen molar-refractivity contribution in [3.05, 3.63) is 53.6 Å². The second-order valence-corrected chi connectivity index (χ2v) is 4.37. The molecule has 2 rings (SSSR count). The molecule has 0 aromatic heterocycles. The summed E-state index contributed by atoms with van der Waals surface area (Å²) < 4.78 is 10.5. The van der Waals surface area contributed by atoms with E-state index in [0.29, 0.717) is 22.8 Å². The van der Waals surface area contributed by atoms with E-state index in [-0.39, 0.29) is 0 Å². The SMILES string of the molecule is COc1ccc(C=C(C#N)c2ccccc2N)cc1OC. The molecular formula is C17H16N2O2. The molecule has 0 heterocycles. The number of nitrogen functional groups attached to an aromatic ring is 1. The highest BCUT2D eigenvalue weighted by atomic mass is 16.5. The number of anilines is 1. The van der Waals surface area contributed by atoms with Crippen LogP contribution in [0.4, 0.5) is 5.69 Å². The van der Waals surface area contributed by atoms with E-state index >= 15 is 0 Å². The molecule has 0 aliphatic carbocycles. The summed E-state index contributed by atoms with van der Waals surface area (Å²) >= 11 is 0. The maximum atomic E-state index is 9.36. The molecule has 4 heteroatoms. The Bertz CT molecular complexity index is 715. The molecule has 0 saturated carbocycles. The molecule has 0 fully saturated rings. The Balaban J connectivity index is 2.46. The van der Waals surface area contributed by atoms with Crippen LogP contribution in [0.1, 0.15) is 11.1 Å². The van der Waals surface area contributed by atoms with Gasteiger partial charge in [-0.2, -0.15) is 5.26 Å². The average molecular weight is 280 g/mol. The molecule has 4 nitrogen and oxygen atoms in total. The molecule has 0 atom stereocenters. The van der Waals surface area contributed by atoms with Gasteiger partial charge in [0.25, 0.3) is 0 Å². The largest absolute Gasteiger partial charge is 0.493 e. The number of ether oxygens (including phenoxy) is 2. The number of nitrogens with zero attached hydrogens (tertiary/aromatic N) is 1. The van der Waals surface area contributed by atoms with Gasteiger partial charge >= 0.3 is 0 Å². The second-order valence-electron chi connectivity index (χ2n) is 4.37. The summed E-state index contributed by atoms with van der Waals surface area (Å²) in [4.78, 5) is 0. The first-order valence-corrected chi connectivity index (χ1v) is 6.38. The first-order valence-electron chi connectivity index (χ1n) is 6.38. The minimum Gasteiger partial charge on any atom is -0.493 e. The summed E-state index contributed by atoms with van der Waals surface area (Å²) in [5, 5.41) is 9.36. The van der Waals surface area contributed by atoms with Crippen LogP contribution in [0, 0.1) is 11.3 Å². The van der Waals surface area contributed by atoms with E-state index in [1.54, 1.807) is 32.4 Å². The van der Waals surface area contributed by atoms with Gasteiger partial charge in [0.2, 0.25) is 0 Å². The molecule has 0 radical (unpaired) electrons. The van der Waals surface area contributed by atoms with Crippen LogP contribution in [0.5, 0.6) is 11.5 Å². The fraction of sp³-hybridized carbons (Fsp3) is 0.118. The molecule has 0 saturated heterocycles. The Morgan fingerprint density at radius 2 is 1.81 bits per heavy atom. The summed E-state index contributed by atoms with van der Waals surface area (Å²) in [5.74, 6) is 1.26. The molecule has 0 amide bonds. The zero-order valence-electron chi connectivity index (χ0n) is 12.0. The molecule has 0 spiro atoms. The van der Waals surface area contributed by atoms with E-state index in [9.17, 15) is 5.26 Å². The second kappa shape index (κ2) is 6.49. The molecule has 106 valence electrons. The summed E-state index contributed by atoms with van der Waals surface area (Å²) in [6, 6.07) is 14.9. The summed E-state index contributed by atoms with van der Waals surface area (Å²) in [6.45, 7) is 0. The van der Waals surface area contributed by atoms with E-state index in [1.807, 2.05) is 30.3 Å². The number of para-hydroxylation sites is 1. The number of hydrogen-bond acceptors (Lipinski definition) is 4. The van der Waals surface area contributed by atoms with Crippen molar-refractivity contribution in [2.75, 3.05) is 20.0 Å². The van der Waals surface area contributed by atoms with Crippen molar-refractivity contribution < 1.29 is 9.47 Å². The van der Waals surface area contributed by atoms with E-state index in [2.05, 4.69) is 6.07 Å². The van der Waals surface area contributed by atoms with Crippen molar-refractivity contribution in [1.82, 2.24) is 0 Å². The van der Waals surface area contributed by atoms with Gasteiger partial charge in [0.15, 0.2) is 11.5 Å². The van der Waals surface area contributed by atoms with Crippen molar-refractivity contribution in [1.29, 1.82) is 5.26 Å². The van der Waals surface area contributed by atoms with E-state index in [0.717, 1.165) is 11.1 Å². The van der Waals surface area contributed by atoms with Gasteiger partial charge in [0, 0.05) is 11.3 Å². The smallest absolute Gasteiger partial charge is 0.161 e. The molecule has 2 aromatic rings. The molecule has 0 aliphatic rings. The third-order valence-corrected chi connectivity index (χ3v) is 3.09. The van der Waals surface area contributed by atoms with Gasteiger partial charge in [-0.3, -0.25) is 0 Å².